The summed E-state index contributed by atoms with van der Waals surface area (Å²) in [6.07, 6.45) is 0. The highest BCUT2D eigenvalue weighted by Crippen LogP contribution is 2.28. The third-order valence-corrected chi connectivity index (χ3v) is 3.17. The van der Waals surface area contributed by atoms with Gasteiger partial charge in [-0.2, -0.15) is 0 Å². The van der Waals surface area contributed by atoms with Crippen molar-refractivity contribution in [2.24, 2.45) is 0 Å². The van der Waals surface area contributed by atoms with E-state index in [-0.39, 0.29) is 0 Å². The highest BCUT2D eigenvalue weighted by Gasteiger charge is 2.05. The van der Waals surface area contributed by atoms with Crippen LogP contribution in [-0.4, -0.2) is 19.8 Å². The molecule has 0 heterocycles. The van der Waals surface area contributed by atoms with Gasteiger partial charge in [0, 0.05) is 5.02 Å². The molecule has 0 saturated heterocycles. The van der Waals surface area contributed by atoms with E-state index in [4.69, 9.17) is 37.4 Å². The number of hydrogen-bond acceptors (Lipinski definition) is 3. The summed E-state index contributed by atoms with van der Waals surface area (Å²) in [6, 6.07) is 12.6. The molecule has 2 aromatic carbocycles. The fourth-order valence-corrected chi connectivity index (χ4v) is 2.20. The van der Waals surface area contributed by atoms with E-state index in [1.165, 1.54) is 0 Å². The van der Waals surface area contributed by atoms with Crippen LogP contribution in [0.15, 0.2) is 42.5 Å². The van der Waals surface area contributed by atoms with E-state index in [1.807, 2.05) is 31.2 Å². The van der Waals surface area contributed by atoms with Crippen molar-refractivity contribution >= 4 is 23.2 Å². The molecule has 0 aliphatic heterocycles. The molecule has 0 aliphatic carbocycles. The molecule has 0 aliphatic rings. The minimum atomic E-state index is 0.377. The van der Waals surface area contributed by atoms with Crippen LogP contribution in [0.5, 0.6) is 17.2 Å². The van der Waals surface area contributed by atoms with Crippen LogP contribution in [-0.2, 0) is 0 Å². The van der Waals surface area contributed by atoms with Crippen molar-refractivity contribution in [3.63, 3.8) is 0 Å². The van der Waals surface area contributed by atoms with Gasteiger partial charge in [-0.1, -0.05) is 35.3 Å². The van der Waals surface area contributed by atoms with Gasteiger partial charge >= 0.3 is 0 Å². The van der Waals surface area contributed by atoms with Crippen LogP contribution in [0.3, 0.4) is 0 Å². The van der Waals surface area contributed by atoms with Crippen LogP contribution in [0, 0.1) is 0 Å². The summed E-state index contributed by atoms with van der Waals surface area (Å²) in [7, 11) is 0. The molecule has 0 unspecified atom stereocenters. The van der Waals surface area contributed by atoms with Gasteiger partial charge in [-0.3, -0.25) is 0 Å². The van der Waals surface area contributed by atoms with Gasteiger partial charge in [0.25, 0.3) is 0 Å². The lowest BCUT2D eigenvalue weighted by Crippen LogP contribution is -2.10. The molecular weight excluding hydrogens is 311 g/mol. The Bertz CT molecular complexity index is 587. The maximum atomic E-state index is 6.02. The first-order valence-electron chi connectivity index (χ1n) is 6.63. The van der Waals surface area contributed by atoms with Crippen LogP contribution in [0.2, 0.25) is 10.0 Å². The quantitative estimate of drug-likeness (QED) is 0.681. The van der Waals surface area contributed by atoms with E-state index in [1.54, 1.807) is 18.2 Å². The summed E-state index contributed by atoms with van der Waals surface area (Å²) in [5.41, 5.74) is 0. The molecule has 0 amide bonds. The lowest BCUT2D eigenvalue weighted by Gasteiger charge is -2.12. The lowest BCUT2D eigenvalue weighted by molar-refractivity contribution is 0.208. The smallest absolute Gasteiger partial charge is 0.161 e. The normalized spacial score (nSPS) is 10.2. The van der Waals surface area contributed by atoms with Crippen LogP contribution in [0.1, 0.15) is 6.92 Å². The maximum absolute atomic E-state index is 6.02. The first kappa shape index (κ1) is 15.8. The van der Waals surface area contributed by atoms with Gasteiger partial charge in [0.2, 0.25) is 0 Å². The summed E-state index contributed by atoms with van der Waals surface area (Å²) >= 11 is 11.8. The Labute approximate surface area is 134 Å². The van der Waals surface area contributed by atoms with Crippen molar-refractivity contribution in [2.75, 3.05) is 19.8 Å². The van der Waals surface area contributed by atoms with E-state index >= 15 is 0 Å². The third-order valence-electron chi connectivity index (χ3n) is 2.64. The second kappa shape index (κ2) is 8.01. The molecule has 0 fully saturated rings. The standard InChI is InChI=1S/C16H16Cl2O3/c1-2-19-15-5-3-4-6-16(15)21-10-9-20-14-8-7-12(17)11-13(14)18/h3-8,11H,2,9-10H2,1H3. The minimum absolute atomic E-state index is 0.377. The van der Waals surface area contributed by atoms with Gasteiger partial charge in [-0.25, -0.2) is 0 Å². The van der Waals surface area contributed by atoms with Crippen molar-refractivity contribution in [2.45, 2.75) is 6.92 Å². The van der Waals surface area contributed by atoms with Crippen molar-refractivity contribution in [1.82, 2.24) is 0 Å². The molecule has 0 spiro atoms. The SMILES string of the molecule is CCOc1ccccc1OCCOc1ccc(Cl)cc1Cl. The number of para-hydroxylation sites is 2. The van der Waals surface area contributed by atoms with Gasteiger partial charge in [-0.15, -0.1) is 0 Å². The topological polar surface area (TPSA) is 27.7 Å². The number of hydrogen-bond donors (Lipinski definition) is 0. The Kier molecular flexibility index (Phi) is 6.03. The van der Waals surface area contributed by atoms with Gasteiger partial charge in [-0.05, 0) is 37.3 Å². The van der Waals surface area contributed by atoms with Gasteiger partial charge < -0.3 is 14.2 Å². The van der Waals surface area contributed by atoms with E-state index in [0.717, 1.165) is 5.75 Å². The molecule has 0 bridgehead atoms. The van der Waals surface area contributed by atoms with Crippen LogP contribution in [0.4, 0.5) is 0 Å². The average molecular weight is 327 g/mol. The molecule has 0 aromatic heterocycles. The highest BCUT2D eigenvalue weighted by atomic mass is 35.5. The first-order chi connectivity index (χ1) is 10.2. The van der Waals surface area contributed by atoms with Crippen molar-refractivity contribution in [1.29, 1.82) is 0 Å². The summed E-state index contributed by atoms with van der Waals surface area (Å²) in [5, 5.41) is 1.06. The first-order valence-corrected chi connectivity index (χ1v) is 7.38. The zero-order valence-electron chi connectivity index (χ0n) is 11.6. The monoisotopic (exact) mass is 326 g/mol. The van der Waals surface area contributed by atoms with Crippen molar-refractivity contribution in [3.8, 4) is 17.2 Å². The Morgan fingerprint density at radius 1 is 0.810 bits per heavy atom. The second-order valence-electron chi connectivity index (χ2n) is 4.15. The van der Waals surface area contributed by atoms with Crippen molar-refractivity contribution in [3.05, 3.63) is 52.5 Å². The lowest BCUT2D eigenvalue weighted by atomic mass is 10.3. The molecule has 112 valence electrons. The van der Waals surface area contributed by atoms with Crippen LogP contribution < -0.4 is 14.2 Å². The second-order valence-corrected chi connectivity index (χ2v) is 5.00. The minimum Gasteiger partial charge on any atom is -0.490 e. The number of ether oxygens (including phenoxy) is 3. The zero-order valence-corrected chi connectivity index (χ0v) is 13.2. The Hall–Kier alpha value is -1.58. The molecule has 0 radical (unpaired) electrons. The fraction of sp³-hybridized carbons (Fsp3) is 0.250. The Morgan fingerprint density at radius 3 is 2.05 bits per heavy atom. The summed E-state index contributed by atoms with van der Waals surface area (Å²) < 4.78 is 16.7. The molecule has 0 atom stereocenters. The Morgan fingerprint density at radius 2 is 1.43 bits per heavy atom. The fourth-order valence-electron chi connectivity index (χ4n) is 1.74. The number of halogens is 2. The molecule has 21 heavy (non-hydrogen) atoms. The number of rotatable bonds is 7. The largest absolute Gasteiger partial charge is 0.490 e. The molecule has 3 nitrogen and oxygen atoms in total. The summed E-state index contributed by atoms with van der Waals surface area (Å²) in [4.78, 5) is 0. The molecule has 2 aromatic rings. The van der Waals surface area contributed by atoms with Crippen LogP contribution >= 0.6 is 23.2 Å². The van der Waals surface area contributed by atoms with E-state index < -0.39 is 0 Å². The molecule has 0 N–H and O–H groups in total. The number of benzene rings is 2. The van der Waals surface area contributed by atoms with Gasteiger partial charge in [0.15, 0.2) is 11.5 Å². The van der Waals surface area contributed by atoms with Crippen LogP contribution in [0.25, 0.3) is 0 Å². The van der Waals surface area contributed by atoms with Gasteiger partial charge in [0.05, 0.1) is 11.6 Å². The van der Waals surface area contributed by atoms with E-state index in [0.29, 0.717) is 41.4 Å². The third kappa shape index (κ3) is 4.73. The highest BCUT2D eigenvalue weighted by molar-refractivity contribution is 6.35. The van der Waals surface area contributed by atoms with Gasteiger partial charge in [0.1, 0.15) is 19.0 Å². The summed E-state index contributed by atoms with van der Waals surface area (Å²) in [5.74, 6) is 2.01. The molecule has 0 saturated carbocycles. The van der Waals surface area contributed by atoms with Crippen molar-refractivity contribution < 1.29 is 14.2 Å². The Balaban J connectivity index is 1.84. The molecule has 5 heteroatoms. The predicted molar refractivity (Wildman–Crippen MR) is 85.1 cm³/mol. The molecule has 2 rings (SSSR count). The van der Waals surface area contributed by atoms with E-state index in [9.17, 15) is 0 Å². The zero-order chi connectivity index (χ0) is 15.1. The van der Waals surface area contributed by atoms with E-state index in [2.05, 4.69) is 0 Å². The average Bonchev–Trinajstić information content (AvgIpc) is 2.47. The maximum Gasteiger partial charge on any atom is 0.161 e. The molecular formula is C16H16Cl2O3. The predicted octanol–water partition coefficient (Wildman–Crippen LogP) is 4.85. The summed E-state index contributed by atoms with van der Waals surface area (Å²) in [6.45, 7) is 3.30.